The first-order chi connectivity index (χ1) is 19.4. The second kappa shape index (κ2) is 9.28. The molecule has 0 saturated carbocycles. The Labute approximate surface area is 228 Å². The highest BCUT2D eigenvalue weighted by Crippen LogP contribution is 2.60. The third-order valence-corrected chi connectivity index (χ3v) is 7.59. The zero-order valence-corrected chi connectivity index (χ0v) is 21.0. The number of rotatable bonds is 6. The average Bonchev–Trinajstić information content (AvgIpc) is 3.49. The Morgan fingerprint density at radius 1 is 0.825 bits per heavy atom. The molecule has 1 N–H and O–H groups in total. The summed E-state index contributed by atoms with van der Waals surface area (Å²) in [4.78, 5) is 25.7. The summed E-state index contributed by atoms with van der Waals surface area (Å²) in [6.45, 7) is 0.271. The van der Waals surface area contributed by atoms with Crippen LogP contribution in [-0.4, -0.2) is 21.2 Å². The van der Waals surface area contributed by atoms with E-state index in [0.29, 0.717) is 16.8 Å². The lowest BCUT2D eigenvalue weighted by Gasteiger charge is -2.39. The summed E-state index contributed by atoms with van der Waals surface area (Å²) in [5.74, 6) is -0.693. The van der Waals surface area contributed by atoms with E-state index in [1.54, 1.807) is 29.1 Å². The number of benzene rings is 4. The van der Waals surface area contributed by atoms with Crippen molar-refractivity contribution in [3.8, 4) is 6.07 Å². The number of nitro groups is 2. The summed E-state index contributed by atoms with van der Waals surface area (Å²) in [6, 6.07) is 33.7. The Balaban J connectivity index is 1.69. The lowest BCUT2D eigenvalue weighted by molar-refractivity contribution is -0.570. The molecule has 0 spiro atoms. The second-order valence-corrected chi connectivity index (χ2v) is 9.58. The van der Waals surface area contributed by atoms with Crippen LogP contribution in [-0.2, 0) is 11.2 Å². The van der Waals surface area contributed by atoms with Gasteiger partial charge in [-0.15, -0.1) is 0 Å². The number of nitriles is 1. The van der Waals surface area contributed by atoms with Crippen molar-refractivity contribution in [1.29, 1.82) is 5.26 Å². The summed E-state index contributed by atoms with van der Waals surface area (Å²) >= 11 is 0. The quantitative estimate of drug-likeness (QED) is 0.196. The number of para-hydroxylation sites is 2. The van der Waals surface area contributed by atoms with Crippen LogP contribution in [0.15, 0.2) is 114 Å². The van der Waals surface area contributed by atoms with Gasteiger partial charge in [-0.25, -0.2) is 0 Å². The first-order valence-corrected chi connectivity index (χ1v) is 12.5. The fourth-order valence-corrected chi connectivity index (χ4v) is 5.83. The maximum absolute atomic E-state index is 11.5. The summed E-state index contributed by atoms with van der Waals surface area (Å²) in [5, 5.41) is 38.8. The van der Waals surface area contributed by atoms with E-state index in [2.05, 4.69) is 11.5 Å². The predicted molar refractivity (Wildman–Crippen MR) is 144 cm³/mol. The zero-order chi connectivity index (χ0) is 27.9. The Hall–Kier alpha value is -5.63. The largest absolute Gasteiger partial charge is 0.335 e. The van der Waals surface area contributed by atoms with Gasteiger partial charge in [0.1, 0.15) is 5.92 Å². The minimum Gasteiger partial charge on any atom is -0.335 e. The topological polar surface area (TPSA) is 141 Å². The van der Waals surface area contributed by atoms with Crippen LogP contribution in [0.3, 0.4) is 0 Å². The highest BCUT2D eigenvalue weighted by atomic mass is 16.6. The van der Waals surface area contributed by atoms with Crippen LogP contribution < -0.4 is 10.3 Å². The molecule has 2 aliphatic rings. The lowest BCUT2D eigenvalue weighted by atomic mass is 9.70. The van der Waals surface area contributed by atoms with Crippen LogP contribution in [0.5, 0.6) is 0 Å². The van der Waals surface area contributed by atoms with E-state index < -0.39 is 27.0 Å². The van der Waals surface area contributed by atoms with Crippen molar-refractivity contribution < 1.29 is 14.7 Å². The van der Waals surface area contributed by atoms with E-state index >= 15 is 0 Å². The SMILES string of the molecule is N#C[C@@H]1CN(c2ccccc2)[C@@]2(c3ccc([N+](=O)[O-])cc3)N=[N+](c3ccccc3)N[C@@]12c1ccc([N+](=O)[O-])cc1. The van der Waals surface area contributed by atoms with Gasteiger partial charge in [-0.05, 0) is 42.0 Å². The second-order valence-electron chi connectivity index (χ2n) is 9.58. The highest BCUT2D eigenvalue weighted by Gasteiger charge is 2.75. The van der Waals surface area contributed by atoms with Crippen LogP contribution in [0.1, 0.15) is 11.1 Å². The number of hydrogen-bond acceptors (Lipinski definition) is 8. The summed E-state index contributed by atoms with van der Waals surface area (Å²) in [6.07, 6.45) is 0. The van der Waals surface area contributed by atoms with Gasteiger partial charge in [-0.1, -0.05) is 36.4 Å². The third kappa shape index (κ3) is 3.50. The highest BCUT2D eigenvalue weighted by molar-refractivity contribution is 5.60. The molecule has 1 fully saturated rings. The first kappa shape index (κ1) is 24.7. The van der Waals surface area contributed by atoms with Gasteiger partial charge in [0, 0.05) is 64.1 Å². The molecule has 2 aliphatic heterocycles. The van der Waals surface area contributed by atoms with Gasteiger partial charge in [0.05, 0.1) is 15.9 Å². The number of anilines is 1. The van der Waals surface area contributed by atoms with Crippen LogP contribution in [0.2, 0.25) is 0 Å². The van der Waals surface area contributed by atoms with Crippen molar-refractivity contribution in [1.82, 2.24) is 5.43 Å². The van der Waals surface area contributed by atoms with E-state index in [0.717, 1.165) is 5.69 Å². The molecular formula is C29H22N7O4+. The monoisotopic (exact) mass is 532 g/mol. The number of nitro benzene ring substituents is 2. The number of azo groups is 1. The molecule has 11 nitrogen and oxygen atoms in total. The summed E-state index contributed by atoms with van der Waals surface area (Å²) < 4.78 is 0. The van der Waals surface area contributed by atoms with Crippen LogP contribution >= 0.6 is 0 Å². The maximum Gasteiger partial charge on any atom is 0.269 e. The molecule has 1 saturated heterocycles. The Bertz CT molecular complexity index is 1670. The average molecular weight is 533 g/mol. The standard InChI is InChI=1S/C29H22N7O4/c30-19-23-20-33(24-7-3-1-4-8-24)29(22-13-17-27(18-14-22)36(39)40)28(23,21-11-15-26(16-12-21)35(37)38)31-34(32-29)25-9-5-2-6-10-25/h1-18,23H,20H2,(H,31,32)/q+1/t23-,28+,29-/m1/s1. The van der Waals surface area contributed by atoms with E-state index in [-0.39, 0.29) is 17.9 Å². The molecule has 3 atom stereocenters. The molecule has 0 aromatic heterocycles. The Morgan fingerprint density at radius 3 is 1.88 bits per heavy atom. The minimum atomic E-state index is -1.31. The lowest BCUT2D eigenvalue weighted by Crippen LogP contribution is -2.57. The molecule has 2 heterocycles. The smallest absolute Gasteiger partial charge is 0.269 e. The third-order valence-electron chi connectivity index (χ3n) is 7.59. The molecule has 40 heavy (non-hydrogen) atoms. The maximum atomic E-state index is 11.5. The number of hydrazine groups is 1. The molecule has 0 unspecified atom stereocenters. The molecule has 0 radical (unpaired) electrons. The number of nitrogens with zero attached hydrogens (tertiary/aromatic N) is 6. The zero-order valence-electron chi connectivity index (χ0n) is 21.0. The fraction of sp³-hybridized carbons (Fsp3) is 0.138. The molecular weight excluding hydrogens is 510 g/mol. The van der Waals surface area contributed by atoms with Gasteiger partial charge in [0.2, 0.25) is 0 Å². The van der Waals surface area contributed by atoms with Gasteiger partial charge in [-0.3, -0.25) is 20.2 Å². The minimum absolute atomic E-state index is 0.0759. The van der Waals surface area contributed by atoms with Gasteiger partial charge in [-0.2, -0.15) is 10.7 Å². The van der Waals surface area contributed by atoms with Gasteiger partial charge in [0.25, 0.3) is 22.7 Å². The normalized spacial score (nSPS) is 23.0. The van der Waals surface area contributed by atoms with E-state index in [9.17, 15) is 25.5 Å². The Morgan fingerprint density at radius 2 is 1.35 bits per heavy atom. The van der Waals surface area contributed by atoms with E-state index in [4.69, 9.17) is 5.11 Å². The predicted octanol–water partition coefficient (Wildman–Crippen LogP) is 5.53. The number of hydrogen-bond donors (Lipinski definition) is 1. The molecule has 0 amide bonds. The molecule has 4 aromatic rings. The van der Waals surface area contributed by atoms with Crippen LogP contribution in [0, 0.1) is 37.5 Å². The van der Waals surface area contributed by atoms with Gasteiger partial charge in [0.15, 0.2) is 5.54 Å². The Kier molecular flexibility index (Phi) is 5.73. The van der Waals surface area contributed by atoms with Crippen molar-refractivity contribution in [2.45, 2.75) is 11.2 Å². The summed E-state index contributed by atoms with van der Waals surface area (Å²) in [7, 11) is 0. The van der Waals surface area contributed by atoms with Gasteiger partial charge >= 0.3 is 0 Å². The fourth-order valence-electron chi connectivity index (χ4n) is 5.83. The molecule has 196 valence electrons. The van der Waals surface area contributed by atoms with Crippen molar-refractivity contribution in [3.63, 3.8) is 0 Å². The van der Waals surface area contributed by atoms with Gasteiger partial charge < -0.3 is 4.90 Å². The number of fused-ring (bicyclic) bond motifs is 1. The molecule has 0 aliphatic carbocycles. The molecule has 4 aromatic carbocycles. The van der Waals surface area contributed by atoms with Crippen LogP contribution in [0.25, 0.3) is 0 Å². The van der Waals surface area contributed by atoms with Crippen LogP contribution in [0.4, 0.5) is 22.7 Å². The summed E-state index contributed by atoms with van der Waals surface area (Å²) in [5.41, 5.74) is 3.56. The molecule has 6 rings (SSSR count). The molecule has 11 heteroatoms. The first-order valence-electron chi connectivity index (χ1n) is 12.5. The van der Waals surface area contributed by atoms with Crippen molar-refractivity contribution >= 4 is 22.7 Å². The van der Waals surface area contributed by atoms with E-state index in [1.165, 1.54) is 24.3 Å². The molecule has 0 bridgehead atoms. The van der Waals surface area contributed by atoms with Crippen molar-refractivity contribution in [2.24, 2.45) is 11.0 Å². The van der Waals surface area contributed by atoms with E-state index in [1.807, 2.05) is 65.6 Å². The number of non-ortho nitro benzene ring substituents is 2. The van der Waals surface area contributed by atoms with Crippen molar-refractivity contribution in [2.75, 3.05) is 11.4 Å². The van der Waals surface area contributed by atoms with Crippen molar-refractivity contribution in [3.05, 3.63) is 141 Å². The number of nitrogens with one attached hydrogen (secondary N) is 1.